The van der Waals surface area contributed by atoms with Crippen LogP contribution in [0.3, 0.4) is 0 Å². The molecule has 0 aliphatic carbocycles. The number of carbonyl (C=O) groups is 2. The molecule has 2 amide bonds. The predicted octanol–water partition coefficient (Wildman–Crippen LogP) is 0.365. The number of carbonyl (C=O) groups excluding carboxylic acids is 2. The summed E-state index contributed by atoms with van der Waals surface area (Å²) in [7, 11) is 0. The van der Waals surface area contributed by atoms with E-state index in [9.17, 15) is 14.0 Å². The summed E-state index contributed by atoms with van der Waals surface area (Å²) in [5.74, 6) is -1.80. The summed E-state index contributed by atoms with van der Waals surface area (Å²) in [6.07, 6.45) is 0. The van der Waals surface area contributed by atoms with E-state index in [0.29, 0.717) is 0 Å². The van der Waals surface area contributed by atoms with Crippen LogP contribution in [-0.4, -0.2) is 18.4 Å². The third-order valence-electron chi connectivity index (χ3n) is 1.52. The van der Waals surface area contributed by atoms with Gasteiger partial charge in [0, 0.05) is 5.56 Å². The highest BCUT2D eigenvalue weighted by atomic mass is 19.1. The summed E-state index contributed by atoms with van der Waals surface area (Å²) in [4.78, 5) is 21.4. The fraction of sp³-hybridized carbons (Fsp3) is 0.111. The van der Waals surface area contributed by atoms with Crippen molar-refractivity contribution in [3.05, 3.63) is 35.6 Å². The molecule has 1 rings (SSSR count). The molecule has 2 N–H and O–H groups in total. The van der Waals surface area contributed by atoms with Gasteiger partial charge >= 0.3 is 0 Å². The predicted molar refractivity (Wildman–Crippen MR) is 46.8 cm³/mol. The Hall–Kier alpha value is -1.91. The maximum Gasteiger partial charge on any atom is 0.257 e. The standard InChI is InChI=1S/C9H8FN2O2/c10-7-3-1-6(2-4-7)9(14)12-5-8(11)13/h1-4,11H,5H2,(H,12,14). The molecule has 73 valence electrons. The molecule has 0 saturated heterocycles. The number of hydrogen-bond donors (Lipinski definition) is 1. The van der Waals surface area contributed by atoms with Gasteiger partial charge in [-0.05, 0) is 24.3 Å². The molecule has 1 aromatic carbocycles. The van der Waals surface area contributed by atoms with Crippen molar-refractivity contribution < 1.29 is 14.0 Å². The summed E-state index contributed by atoms with van der Waals surface area (Å²) in [5.41, 5.74) is 6.81. The zero-order chi connectivity index (χ0) is 10.6. The second-order valence-corrected chi connectivity index (χ2v) is 2.61. The Morgan fingerprint density at radius 2 is 1.86 bits per heavy atom. The topological polar surface area (TPSA) is 70.0 Å². The minimum atomic E-state index is -0.875. The second-order valence-electron chi connectivity index (χ2n) is 2.61. The molecule has 0 unspecified atom stereocenters. The molecule has 0 heterocycles. The number of nitrogens with one attached hydrogen (secondary N) is 2. The number of halogens is 1. The van der Waals surface area contributed by atoms with Crippen molar-refractivity contribution in [3.8, 4) is 0 Å². The van der Waals surface area contributed by atoms with Crippen LogP contribution in [0.4, 0.5) is 4.39 Å². The molecule has 0 atom stereocenters. The molecule has 0 aliphatic rings. The van der Waals surface area contributed by atoms with Crippen molar-refractivity contribution in [2.45, 2.75) is 0 Å². The van der Waals surface area contributed by atoms with E-state index < -0.39 is 17.6 Å². The van der Waals surface area contributed by atoms with E-state index in [0.717, 1.165) is 12.1 Å². The van der Waals surface area contributed by atoms with Crippen molar-refractivity contribution in [1.82, 2.24) is 11.1 Å². The average molecular weight is 195 g/mol. The quantitative estimate of drug-likeness (QED) is 0.756. The molecule has 0 aliphatic heterocycles. The van der Waals surface area contributed by atoms with Gasteiger partial charge in [0.2, 0.25) is 0 Å². The summed E-state index contributed by atoms with van der Waals surface area (Å²) in [6, 6.07) is 4.91. The van der Waals surface area contributed by atoms with Gasteiger partial charge in [-0.1, -0.05) is 0 Å². The minimum absolute atomic E-state index is 0.257. The largest absolute Gasteiger partial charge is 0.343 e. The van der Waals surface area contributed by atoms with Crippen LogP contribution in [0.1, 0.15) is 10.4 Å². The van der Waals surface area contributed by atoms with Crippen molar-refractivity contribution in [2.24, 2.45) is 0 Å². The second kappa shape index (κ2) is 4.36. The van der Waals surface area contributed by atoms with Crippen LogP contribution in [0.2, 0.25) is 0 Å². The SMILES string of the molecule is [NH]C(=O)CNC(=O)c1ccc(F)cc1. The first-order valence-electron chi connectivity index (χ1n) is 3.88. The molecule has 0 aromatic heterocycles. The number of benzene rings is 1. The first-order chi connectivity index (χ1) is 6.59. The lowest BCUT2D eigenvalue weighted by molar-refractivity contribution is -0.117. The molecular formula is C9H8FN2O2. The van der Waals surface area contributed by atoms with Crippen LogP contribution in [-0.2, 0) is 4.79 Å². The van der Waals surface area contributed by atoms with Gasteiger partial charge in [0.05, 0.1) is 6.54 Å². The zero-order valence-corrected chi connectivity index (χ0v) is 7.21. The van der Waals surface area contributed by atoms with E-state index in [1.807, 2.05) is 0 Å². The highest BCUT2D eigenvalue weighted by molar-refractivity contribution is 5.96. The summed E-state index contributed by atoms with van der Waals surface area (Å²) >= 11 is 0. The van der Waals surface area contributed by atoms with Gasteiger partial charge in [-0.3, -0.25) is 15.3 Å². The molecule has 14 heavy (non-hydrogen) atoms. The smallest absolute Gasteiger partial charge is 0.257 e. The van der Waals surface area contributed by atoms with Crippen LogP contribution >= 0.6 is 0 Å². The molecule has 1 radical (unpaired) electrons. The molecule has 5 heteroatoms. The van der Waals surface area contributed by atoms with Gasteiger partial charge in [-0.2, -0.15) is 0 Å². The van der Waals surface area contributed by atoms with E-state index in [2.05, 4.69) is 5.32 Å². The Balaban J connectivity index is 2.61. The van der Waals surface area contributed by atoms with Crippen molar-refractivity contribution in [3.63, 3.8) is 0 Å². The Kier molecular flexibility index (Phi) is 3.17. The van der Waals surface area contributed by atoms with Crippen molar-refractivity contribution >= 4 is 11.8 Å². The highest BCUT2D eigenvalue weighted by Gasteiger charge is 2.05. The Morgan fingerprint density at radius 1 is 1.29 bits per heavy atom. The number of amides is 2. The molecule has 0 spiro atoms. The van der Waals surface area contributed by atoms with Crippen molar-refractivity contribution in [2.75, 3.05) is 6.54 Å². The van der Waals surface area contributed by atoms with Gasteiger partial charge < -0.3 is 5.32 Å². The maximum absolute atomic E-state index is 12.4. The lowest BCUT2D eigenvalue weighted by Gasteiger charge is -2.01. The summed E-state index contributed by atoms with van der Waals surface area (Å²) in [6.45, 7) is -0.337. The van der Waals surface area contributed by atoms with E-state index >= 15 is 0 Å². The lowest BCUT2D eigenvalue weighted by Crippen LogP contribution is -2.29. The maximum atomic E-state index is 12.4. The van der Waals surface area contributed by atoms with Crippen molar-refractivity contribution in [1.29, 1.82) is 0 Å². The first kappa shape index (κ1) is 10.2. The van der Waals surface area contributed by atoms with Gasteiger partial charge in [0.15, 0.2) is 0 Å². The van der Waals surface area contributed by atoms with Crippen LogP contribution in [0.15, 0.2) is 24.3 Å². The molecule has 0 fully saturated rings. The van der Waals surface area contributed by atoms with E-state index in [4.69, 9.17) is 5.73 Å². The molecule has 0 bridgehead atoms. The fourth-order valence-electron chi connectivity index (χ4n) is 0.864. The summed E-state index contributed by atoms with van der Waals surface area (Å²) < 4.78 is 12.4. The third kappa shape index (κ3) is 2.85. The van der Waals surface area contributed by atoms with Gasteiger partial charge in [0.25, 0.3) is 11.8 Å². The van der Waals surface area contributed by atoms with Crippen LogP contribution in [0, 0.1) is 5.82 Å². The van der Waals surface area contributed by atoms with Crippen LogP contribution in [0.5, 0.6) is 0 Å². The third-order valence-corrected chi connectivity index (χ3v) is 1.52. The van der Waals surface area contributed by atoms with Gasteiger partial charge in [0.1, 0.15) is 5.82 Å². The van der Waals surface area contributed by atoms with E-state index in [1.54, 1.807) is 0 Å². The van der Waals surface area contributed by atoms with Crippen LogP contribution in [0.25, 0.3) is 0 Å². The number of rotatable bonds is 3. The van der Waals surface area contributed by atoms with Gasteiger partial charge in [-0.25, -0.2) is 4.39 Å². The molecule has 0 saturated carbocycles. The van der Waals surface area contributed by atoms with E-state index in [-0.39, 0.29) is 12.1 Å². The van der Waals surface area contributed by atoms with E-state index in [1.165, 1.54) is 12.1 Å². The first-order valence-corrected chi connectivity index (χ1v) is 3.88. The fourth-order valence-corrected chi connectivity index (χ4v) is 0.864. The van der Waals surface area contributed by atoms with Gasteiger partial charge in [-0.15, -0.1) is 0 Å². The molecule has 1 aromatic rings. The summed E-state index contributed by atoms with van der Waals surface area (Å²) in [5, 5.41) is 2.22. The highest BCUT2D eigenvalue weighted by Crippen LogP contribution is 2.01. The van der Waals surface area contributed by atoms with Crippen LogP contribution < -0.4 is 11.1 Å². The Morgan fingerprint density at radius 3 is 2.36 bits per heavy atom. The Bertz CT molecular complexity index is 348. The monoisotopic (exact) mass is 195 g/mol. The normalized spacial score (nSPS) is 9.50. The molecular weight excluding hydrogens is 187 g/mol. The Labute approximate surface area is 79.9 Å². The zero-order valence-electron chi connectivity index (χ0n) is 7.21. The average Bonchev–Trinajstić information content (AvgIpc) is 2.15. The number of hydrogen-bond acceptors (Lipinski definition) is 2. The molecule has 4 nitrogen and oxygen atoms in total. The lowest BCUT2D eigenvalue weighted by atomic mass is 10.2. The minimum Gasteiger partial charge on any atom is -0.343 e.